The quantitative estimate of drug-likeness (QED) is 0.222. The number of anilines is 1. The summed E-state index contributed by atoms with van der Waals surface area (Å²) in [5.74, 6) is -0.186. The molecule has 2 aromatic rings. The van der Waals surface area contributed by atoms with Crippen LogP contribution in [-0.2, 0) is 19.0 Å². The second-order valence-electron chi connectivity index (χ2n) is 10.2. The number of hydrogen-bond acceptors (Lipinski definition) is 7. The Bertz CT molecular complexity index is 1240. The molecule has 0 aliphatic carbocycles. The lowest BCUT2D eigenvalue weighted by molar-refractivity contribution is -0.112. The number of ether oxygens (including phenoxy) is 4. The molecule has 1 aliphatic heterocycles. The van der Waals surface area contributed by atoms with E-state index < -0.39 is 29.4 Å². The third kappa shape index (κ3) is 7.63. The number of rotatable bonds is 5. The van der Waals surface area contributed by atoms with Gasteiger partial charge in [0.25, 0.3) is 5.91 Å². The summed E-state index contributed by atoms with van der Waals surface area (Å²) in [4.78, 5) is 39.0. The molecule has 0 spiro atoms. The van der Waals surface area contributed by atoms with E-state index in [1.54, 1.807) is 78.0 Å². The van der Waals surface area contributed by atoms with E-state index in [0.717, 1.165) is 4.90 Å². The Labute approximate surface area is 226 Å². The zero-order chi connectivity index (χ0) is 27.5. The average molecular weight is 550 g/mol. The molecule has 8 nitrogen and oxygen atoms in total. The number of halogens is 2. The molecule has 0 saturated carbocycles. The molecular formula is C27H29Cl2NO7. The highest BCUT2D eigenvalue weighted by Gasteiger charge is 2.39. The molecule has 2 amide bonds. The van der Waals surface area contributed by atoms with Gasteiger partial charge in [-0.05, 0) is 78.0 Å². The molecular weight excluding hydrogens is 521 g/mol. The standard InChI is InChI=1S/C27H29Cl2NO7/c1-26(2,3)36-24(32)30-21-15-18(29)7-9-19(21)20(23(30)31)14-16-13-17(28)8-10-22(16)34-11-12-35-25(33)37-27(4,5)6/h7-10,13-15H,11-12H2,1-6H3. The Hall–Kier alpha value is -3.23. The number of carbonyl (C=O) groups is 3. The highest BCUT2D eigenvalue weighted by atomic mass is 35.5. The lowest BCUT2D eigenvalue weighted by Crippen LogP contribution is -2.38. The summed E-state index contributed by atoms with van der Waals surface area (Å²) >= 11 is 12.4. The molecule has 3 rings (SSSR count). The Balaban J connectivity index is 1.87. The minimum absolute atomic E-state index is 0.0290. The summed E-state index contributed by atoms with van der Waals surface area (Å²) < 4.78 is 21.4. The first-order valence-corrected chi connectivity index (χ1v) is 12.3. The number of carbonyl (C=O) groups excluding carboxylic acids is 3. The van der Waals surface area contributed by atoms with E-state index in [4.69, 9.17) is 42.1 Å². The Morgan fingerprint density at radius 2 is 1.51 bits per heavy atom. The number of imide groups is 1. The van der Waals surface area contributed by atoms with Crippen molar-refractivity contribution in [3.63, 3.8) is 0 Å². The van der Waals surface area contributed by atoms with Gasteiger partial charge < -0.3 is 18.9 Å². The first-order valence-electron chi connectivity index (χ1n) is 11.5. The van der Waals surface area contributed by atoms with Crippen LogP contribution in [0.5, 0.6) is 5.75 Å². The molecule has 1 aliphatic rings. The van der Waals surface area contributed by atoms with Crippen molar-refractivity contribution < 1.29 is 33.3 Å². The SMILES string of the molecule is CC(C)(C)OC(=O)OCCOc1ccc(Cl)cc1C=C1C(=O)N(C(=O)OC(C)(C)C)c2cc(Cl)ccc21. The largest absolute Gasteiger partial charge is 0.508 e. The summed E-state index contributed by atoms with van der Waals surface area (Å²) in [6.45, 7) is 10.3. The normalized spacial score (nSPS) is 14.4. The van der Waals surface area contributed by atoms with Crippen LogP contribution in [0, 0.1) is 0 Å². The molecule has 0 radical (unpaired) electrons. The fourth-order valence-corrected chi connectivity index (χ4v) is 3.71. The number of nitrogens with zero attached hydrogens (tertiary/aromatic N) is 1. The predicted molar refractivity (Wildman–Crippen MR) is 142 cm³/mol. The summed E-state index contributed by atoms with van der Waals surface area (Å²) in [6, 6.07) is 9.70. The van der Waals surface area contributed by atoms with Crippen molar-refractivity contribution in [3.8, 4) is 5.75 Å². The first-order chi connectivity index (χ1) is 17.1. The van der Waals surface area contributed by atoms with Crippen LogP contribution < -0.4 is 9.64 Å². The Morgan fingerprint density at radius 1 is 0.892 bits per heavy atom. The molecule has 198 valence electrons. The second kappa shape index (κ2) is 11.0. The summed E-state index contributed by atoms with van der Waals surface area (Å²) in [5.41, 5.74) is 0.0507. The predicted octanol–water partition coefficient (Wildman–Crippen LogP) is 7.15. The van der Waals surface area contributed by atoms with Crippen LogP contribution in [0.3, 0.4) is 0 Å². The molecule has 0 atom stereocenters. The molecule has 0 saturated heterocycles. The maximum atomic E-state index is 13.4. The van der Waals surface area contributed by atoms with Crippen molar-refractivity contribution in [1.82, 2.24) is 0 Å². The highest BCUT2D eigenvalue weighted by Crippen LogP contribution is 2.41. The lowest BCUT2D eigenvalue weighted by Gasteiger charge is -2.23. The van der Waals surface area contributed by atoms with Crippen LogP contribution in [-0.4, -0.2) is 42.6 Å². The topological polar surface area (TPSA) is 91.4 Å². The van der Waals surface area contributed by atoms with Crippen molar-refractivity contribution in [1.29, 1.82) is 0 Å². The van der Waals surface area contributed by atoms with Gasteiger partial charge in [-0.15, -0.1) is 0 Å². The van der Waals surface area contributed by atoms with Gasteiger partial charge in [0.2, 0.25) is 0 Å². The summed E-state index contributed by atoms with van der Waals surface area (Å²) in [5, 5.41) is 0.771. The molecule has 2 aromatic carbocycles. The molecule has 10 heteroatoms. The third-order valence-corrected chi connectivity index (χ3v) is 5.19. The lowest BCUT2D eigenvalue weighted by atomic mass is 10.0. The van der Waals surface area contributed by atoms with Gasteiger partial charge in [0.1, 0.15) is 30.2 Å². The average Bonchev–Trinajstić information content (AvgIpc) is 3.00. The van der Waals surface area contributed by atoms with Gasteiger partial charge in [0, 0.05) is 21.2 Å². The molecule has 0 aromatic heterocycles. The first kappa shape index (κ1) is 28.3. The van der Waals surface area contributed by atoms with E-state index >= 15 is 0 Å². The number of fused-ring (bicyclic) bond motifs is 1. The summed E-state index contributed by atoms with van der Waals surface area (Å²) in [7, 11) is 0. The van der Waals surface area contributed by atoms with Gasteiger partial charge in [-0.2, -0.15) is 0 Å². The third-order valence-electron chi connectivity index (χ3n) is 4.72. The Kier molecular flexibility index (Phi) is 8.45. The smallest absolute Gasteiger partial charge is 0.489 e. The van der Waals surface area contributed by atoms with Gasteiger partial charge >= 0.3 is 12.2 Å². The fourth-order valence-electron chi connectivity index (χ4n) is 3.37. The molecule has 0 bridgehead atoms. The zero-order valence-corrected chi connectivity index (χ0v) is 23.0. The van der Waals surface area contributed by atoms with Crippen LogP contribution in [0.2, 0.25) is 10.0 Å². The molecule has 0 fully saturated rings. The van der Waals surface area contributed by atoms with Crippen molar-refractivity contribution in [2.24, 2.45) is 0 Å². The monoisotopic (exact) mass is 549 g/mol. The fraction of sp³-hybridized carbons (Fsp3) is 0.370. The van der Waals surface area contributed by atoms with E-state index in [9.17, 15) is 14.4 Å². The van der Waals surface area contributed by atoms with Crippen LogP contribution in [0.25, 0.3) is 11.6 Å². The van der Waals surface area contributed by atoms with Crippen LogP contribution in [0.4, 0.5) is 15.3 Å². The van der Waals surface area contributed by atoms with Gasteiger partial charge in [-0.3, -0.25) is 4.79 Å². The maximum absolute atomic E-state index is 13.4. The van der Waals surface area contributed by atoms with E-state index in [1.807, 2.05) is 0 Å². The molecule has 37 heavy (non-hydrogen) atoms. The maximum Gasteiger partial charge on any atom is 0.508 e. The van der Waals surface area contributed by atoms with E-state index in [-0.39, 0.29) is 18.8 Å². The van der Waals surface area contributed by atoms with Gasteiger partial charge in [0.05, 0.1) is 11.3 Å². The number of benzene rings is 2. The van der Waals surface area contributed by atoms with Crippen LogP contribution in [0.1, 0.15) is 52.7 Å². The Morgan fingerprint density at radius 3 is 2.16 bits per heavy atom. The highest BCUT2D eigenvalue weighted by molar-refractivity contribution is 6.42. The molecule has 0 unspecified atom stereocenters. The number of hydrogen-bond donors (Lipinski definition) is 0. The summed E-state index contributed by atoms with van der Waals surface area (Å²) in [6.07, 6.45) is -0.0371. The number of amides is 2. The van der Waals surface area contributed by atoms with E-state index in [1.165, 1.54) is 6.07 Å². The van der Waals surface area contributed by atoms with Crippen LogP contribution in [0.15, 0.2) is 36.4 Å². The molecule has 1 heterocycles. The van der Waals surface area contributed by atoms with E-state index in [2.05, 4.69) is 0 Å². The zero-order valence-electron chi connectivity index (χ0n) is 21.5. The van der Waals surface area contributed by atoms with E-state index in [0.29, 0.717) is 32.6 Å². The van der Waals surface area contributed by atoms with Crippen LogP contribution >= 0.6 is 23.2 Å². The minimum Gasteiger partial charge on any atom is -0.489 e. The van der Waals surface area contributed by atoms with Crippen molar-refractivity contribution >= 4 is 58.7 Å². The van der Waals surface area contributed by atoms with Crippen molar-refractivity contribution in [2.75, 3.05) is 18.1 Å². The van der Waals surface area contributed by atoms with Gasteiger partial charge in [0.15, 0.2) is 0 Å². The molecule has 0 N–H and O–H groups in total. The second-order valence-corrected chi connectivity index (χ2v) is 11.1. The van der Waals surface area contributed by atoms with Gasteiger partial charge in [-0.25, -0.2) is 14.5 Å². The van der Waals surface area contributed by atoms with Gasteiger partial charge in [-0.1, -0.05) is 29.3 Å². The van der Waals surface area contributed by atoms with Crippen molar-refractivity contribution in [2.45, 2.75) is 52.7 Å². The minimum atomic E-state index is -0.814. The van der Waals surface area contributed by atoms with Crippen molar-refractivity contribution in [3.05, 3.63) is 57.6 Å².